The predicted octanol–water partition coefficient (Wildman–Crippen LogP) is 0.806. The highest BCUT2D eigenvalue weighted by Gasteiger charge is 2.24. The number of amides is 1. The van der Waals surface area contributed by atoms with E-state index in [2.05, 4.69) is 15.3 Å². The number of hydrogen-bond acceptors (Lipinski definition) is 4. The van der Waals surface area contributed by atoms with Gasteiger partial charge in [0.2, 0.25) is 5.91 Å². The molecule has 0 aromatic carbocycles. The Hall–Kier alpha value is -1.36. The van der Waals surface area contributed by atoms with E-state index in [9.17, 15) is 4.79 Å². The maximum absolute atomic E-state index is 11.0. The number of carbonyl (C=O) groups excluding carboxylic acids is 1. The quantitative estimate of drug-likeness (QED) is 0.730. The number of carbonyl (C=O) groups is 1. The molecule has 0 radical (unpaired) electrons. The second kappa shape index (κ2) is 3.79. The average molecular weight is 215 g/mol. The molecule has 0 bridgehead atoms. The Kier molecular flexibility index (Phi) is 2.90. The summed E-state index contributed by atoms with van der Waals surface area (Å²) in [5.74, 6) is 0.000958. The van der Waals surface area contributed by atoms with Crippen molar-refractivity contribution in [3.05, 3.63) is 17.5 Å². The number of primary amides is 1. The lowest BCUT2D eigenvalue weighted by molar-refractivity contribution is -0.121. The van der Waals surface area contributed by atoms with Gasteiger partial charge in [-0.05, 0) is 13.8 Å². The van der Waals surface area contributed by atoms with Gasteiger partial charge in [-0.2, -0.15) is 0 Å². The maximum Gasteiger partial charge on any atom is 0.242 e. The van der Waals surface area contributed by atoms with Crippen molar-refractivity contribution >= 4 is 23.3 Å². The van der Waals surface area contributed by atoms with E-state index >= 15 is 0 Å². The van der Waals surface area contributed by atoms with Crippen molar-refractivity contribution in [2.45, 2.75) is 19.4 Å². The number of rotatable bonds is 3. The van der Waals surface area contributed by atoms with Gasteiger partial charge in [-0.15, -0.1) is 0 Å². The molecule has 0 saturated carbocycles. The Balaban J connectivity index is 2.83. The summed E-state index contributed by atoms with van der Waals surface area (Å²) in [7, 11) is 0. The fraction of sp³-hybridized carbons (Fsp3) is 0.375. The molecular weight excluding hydrogens is 204 g/mol. The fourth-order valence-electron chi connectivity index (χ4n) is 0.784. The maximum atomic E-state index is 11.0. The molecule has 1 aromatic rings. The molecule has 76 valence electrons. The van der Waals surface area contributed by atoms with Crippen molar-refractivity contribution in [1.29, 1.82) is 0 Å². The third-order valence-electron chi connectivity index (χ3n) is 1.69. The first-order valence-corrected chi connectivity index (χ1v) is 4.35. The number of nitrogens with two attached hydrogens (primary N) is 1. The van der Waals surface area contributed by atoms with Crippen LogP contribution in [0.25, 0.3) is 0 Å². The molecule has 0 aliphatic heterocycles. The molecule has 1 aromatic heterocycles. The standard InChI is InChI=1S/C8H11ClN4O/c1-8(2,7(10)14)13-6-3-5(9)11-4-12-6/h3-4H,1-2H3,(H2,10,14)(H,11,12,13). The molecule has 0 fully saturated rings. The molecule has 0 spiro atoms. The van der Waals surface area contributed by atoms with Crippen LogP contribution in [-0.4, -0.2) is 21.4 Å². The van der Waals surface area contributed by atoms with Crippen molar-refractivity contribution in [1.82, 2.24) is 9.97 Å². The van der Waals surface area contributed by atoms with Gasteiger partial charge in [0.1, 0.15) is 22.8 Å². The van der Waals surface area contributed by atoms with Gasteiger partial charge >= 0.3 is 0 Å². The topological polar surface area (TPSA) is 80.9 Å². The summed E-state index contributed by atoms with van der Waals surface area (Å²) >= 11 is 5.65. The van der Waals surface area contributed by atoms with Gasteiger partial charge in [0.05, 0.1) is 0 Å². The van der Waals surface area contributed by atoms with Crippen molar-refractivity contribution in [2.24, 2.45) is 5.73 Å². The first-order valence-electron chi connectivity index (χ1n) is 3.97. The minimum absolute atomic E-state index is 0.308. The molecule has 1 rings (SSSR count). The first kappa shape index (κ1) is 10.7. The zero-order valence-electron chi connectivity index (χ0n) is 7.91. The molecule has 3 N–H and O–H groups in total. The molecule has 0 aliphatic rings. The predicted molar refractivity (Wildman–Crippen MR) is 53.9 cm³/mol. The Morgan fingerprint density at radius 2 is 2.21 bits per heavy atom. The van der Waals surface area contributed by atoms with Gasteiger partial charge in [-0.3, -0.25) is 4.79 Å². The summed E-state index contributed by atoms with van der Waals surface area (Å²) in [6.07, 6.45) is 1.31. The summed E-state index contributed by atoms with van der Waals surface area (Å²) in [6.45, 7) is 3.32. The van der Waals surface area contributed by atoms with Crippen molar-refractivity contribution < 1.29 is 4.79 Å². The summed E-state index contributed by atoms with van der Waals surface area (Å²) in [5, 5.41) is 3.16. The van der Waals surface area contributed by atoms with E-state index in [4.69, 9.17) is 17.3 Å². The van der Waals surface area contributed by atoms with E-state index in [1.807, 2.05) is 0 Å². The summed E-state index contributed by atoms with van der Waals surface area (Å²) in [5.41, 5.74) is 4.31. The molecule has 1 amide bonds. The number of hydrogen-bond donors (Lipinski definition) is 2. The van der Waals surface area contributed by atoms with E-state index < -0.39 is 11.4 Å². The largest absolute Gasteiger partial charge is 0.368 e. The first-order chi connectivity index (χ1) is 6.42. The van der Waals surface area contributed by atoms with Crippen LogP contribution in [0.2, 0.25) is 5.15 Å². The van der Waals surface area contributed by atoms with Crippen LogP contribution in [-0.2, 0) is 4.79 Å². The van der Waals surface area contributed by atoms with Crippen LogP contribution in [0.1, 0.15) is 13.8 Å². The monoisotopic (exact) mass is 214 g/mol. The van der Waals surface area contributed by atoms with Crippen LogP contribution >= 0.6 is 11.6 Å². The molecule has 0 saturated heterocycles. The third kappa shape index (κ3) is 2.56. The fourth-order valence-corrected chi connectivity index (χ4v) is 0.931. The van der Waals surface area contributed by atoms with Gasteiger partial charge in [0.25, 0.3) is 0 Å². The molecule has 0 atom stereocenters. The van der Waals surface area contributed by atoms with Crippen molar-refractivity contribution in [2.75, 3.05) is 5.32 Å². The number of nitrogens with zero attached hydrogens (tertiary/aromatic N) is 2. The van der Waals surface area contributed by atoms with Crippen LogP contribution in [0.5, 0.6) is 0 Å². The summed E-state index contributed by atoms with van der Waals surface area (Å²) < 4.78 is 0. The molecular formula is C8H11ClN4O. The second-order valence-electron chi connectivity index (χ2n) is 3.34. The molecule has 14 heavy (non-hydrogen) atoms. The average Bonchev–Trinajstić information content (AvgIpc) is 2.02. The van der Waals surface area contributed by atoms with Crippen molar-refractivity contribution in [3.63, 3.8) is 0 Å². The molecule has 6 heteroatoms. The van der Waals surface area contributed by atoms with E-state index in [0.29, 0.717) is 11.0 Å². The van der Waals surface area contributed by atoms with Gasteiger partial charge in [0, 0.05) is 6.07 Å². The number of nitrogens with one attached hydrogen (secondary N) is 1. The highest BCUT2D eigenvalue weighted by molar-refractivity contribution is 6.29. The van der Waals surface area contributed by atoms with E-state index in [1.165, 1.54) is 12.4 Å². The summed E-state index contributed by atoms with van der Waals surface area (Å²) in [6, 6.07) is 1.52. The van der Waals surface area contributed by atoms with Gasteiger partial charge in [0.15, 0.2) is 0 Å². The molecule has 5 nitrogen and oxygen atoms in total. The Morgan fingerprint density at radius 1 is 1.57 bits per heavy atom. The van der Waals surface area contributed by atoms with Gasteiger partial charge in [-0.1, -0.05) is 11.6 Å². The lowest BCUT2D eigenvalue weighted by Gasteiger charge is -2.22. The molecule has 1 heterocycles. The van der Waals surface area contributed by atoms with Crippen LogP contribution in [0.4, 0.5) is 5.82 Å². The Labute approximate surface area is 86.7 Å². The van der Waals surface area contributed by atoms with Gasteiger partial charge in [-0.25, -0.2) is 9.97 Å². The number of aromatic nitrogens is 2. The normalized spacial score (nSPS) is 11.1. The number of halogens is 1. The Morgan fingerprint density at radius 3 is 2.71 bits per heavy atom. The van der Waals surface area contributed by atoms with Crippen LogP contribution in [0.15, 0.2) is 12.4 Å². The van der Waals surface area contributed by atoms with Crippen LogP contribution in [0.3, 0.4) is 0 Å². The minimum atomic E-state index is -0.863. The summed E-state index contributed by atoms with van der Waals surface area (Å²) in [4.78, 5) is 18.6. The number of anilines is 1. The van der Waals surface area contributed by atoms with E-state index in [1.54, 1.807) is 13.8 Å². The highest BCUT2D eigenvalue weighted by atomic mass is 35.5. The smallest absolute Gasteiger partial charge is 0.242 e. The van der Waals surface area contributed by atoms with E-state index in [-0.39, 0.29) is 0 Å². The minimum Gasteiger partial charge on any atom is -0.368 e. The lowest BCUT2D eigenvalue weighted by atomic mass is 10.1. The lowest BCUT2D eigenvalue weighted by Crippen LogP contribution is -2.45. The highest BCUT2D eigenvalue weighted by Crippen LogP contribution is 2.14. The third-order valence-corrected chi connectivity index (χ3v) is 1.90. The SMILES string of the molecule is CC(C)(Nc1cc(Cl)ncn1)C(N)=O. The van der Waals surface area contributed by atoms with Gasteiger partial charge < -0.3 is 11.1 Å². The van der Waals surface area contributed by atoms with Crippen LogP contribution in [0, 0.1) is 0 Å². The van der Waals surface area contributed by atoms with Crippen LogP contribution < -0.4 is 11.1 Å². The molecule has 0 unspecified atom stereocenters. The zero-order valence-corrected chi connectivity index (χ0v) is 8.67. The van der Waals surface area contributed by atoms with E-state index in [0.717, 1.165) is 0 Å². The molecule has 0 aliphatic carbocycles. The zero-order chi connectivity index (χ0) is 10.8. The Bertz CT molecular complexity index is 353. The van der Waals surface area contributed by atoms with Crippen molar-refractivity contribution in [3.8, 4) is 0 Å². The second-order valence-corrected chi connectivity index (χ2v) is 3.73.